The van der Waals surface area contributed by atoms with Crippen molar-refractivity contribution in [3.8, 4) is 0 Å². The standard InChI is InChI=1S/C11H19N3O3/c1-5-9-12-10(17-13-9)6-14(8(2)3)7-11(15)16-4/h8H,5-7H2,1-4H3. The maximum atomic E-state index is 11.2. The van der Waals surface area contributed by atoms with E-state index in [1.54, 1.807) is 0 Å². The highest BCUT2D eigenvalue weighted by Crippen LogP contribution is 2.07. The van der Waals surface area contributed by atoms with Crippen LogP contribution in [-0.4, -0.2) is 40.7 Å². The predicted octanol–water partition coefficient (Wildman–Crippen LogP) is 1.02. The summed E-state index contributed by atoms with van der Waals surface area (Å²) < 4.78 is 9.74. The van der Waals surface area contributed by atoms with Crippen molar-refractivity contribution in [1.29, 1.82) is 0 Å². The quantitative estimate of drug-likeness (QED) is 0.692. The van der Waals surface area contributed by atoms with Gasteiger partial charge in [0.1, 0.15) is 0 Å². The van der Waals surface area contributed by atoms with Crippen LogP contribution in [0.4, 0.5) is 0 Å². The van der Waals surface area contributed by atoms with Crippen molar-refractivity contribution in [2.45, 2.75) is 39.8 Å². The first-order valence-corrected chi connectivity index (χ1v) is 5.69. The van der Waals surface area contributed by atoms with Crippen LogP contribution in [0.15, 0.2) is 4.52 Å². The van der Waals surface area contributed by atoms with Crippen LogP contribution < -0.4 is 0 Å². The summed E-state index contributed by atoms with van der Waals surface area (Å²) in [6.07, 6.45) is 0.738. The van der Waals surface area contributed by atoms with Crippen molar-refractivity contribution in [1.82, 2.24) is 15.0 Å². The molecule has 0 aromatic carbocycles. The minimum absolute atomic E-state index is 0.200. The lowest BCUT2D eigenvalue weighted by atomic mass is 10.3. The summed E-state index contributed by atoms with van der Waals surface area (Å²) in [4.78, 5) is 17.4. The van der Waals surface area contributed by atoms with Gasteiger partial charge in [-0.25, -0.2) is 0 Å². The molecule has 0 spiro atoms. The van der Waals surface area contributed by atoms with Gasteiger partial charge in [-0.05, 0) is 13.8 Å². The molecular formula is C11H19N3O3. The third-order valence-electron chi connectivity index (χ3n) is 2.45. The minimum atomic E-state index is -0.270. The molecule has 17 heavy (non-hydrogen) atoms. The van der Waals surface area contributed by atoms with Crippen LogP contribution in [0.25, 0.3) is 0 Å². The van der Waals surface area contributed by atoms with Gasteiger partial charge in [0.05, 0.1) is 20.2 Å². The second kappa shape index (κ2) is 6.34. The van der Waals surface area contributed by atoms with E-state index in [0.29, 0.717) is 18.3 Å². The summed E-state index contributed by atoms with van der Waals surface area (Å²) in [6.45, 7) is 6.64. The number of aromatic nitrogens is 2. The van der Waals surface area contributed by atoms with Crippen LogP contribution in [0, 0.1) is 0 Å². The van der Waals surface area contributed by atoms with E-state index in [9.17, 15) is 4.79 Å². The molecule has 0 amide bonds. The largest absolute Gasteiger partial charge is 0.468 e. The second-order valence-corrected chi connectivity index (χ2v) is 4.03. The van der Waals surface area contributed by atoms with Crippen LogP contribution in [0.1, 0.15) is 32.5 Å². The number of nitrogens with zero attached hydrogens (tertiary/aromatic N) is 3. The first-order chi connectivity index (χ1) is 8.06. The second-order valence-electron chi connectivity index (χ2n) is 4.03. The number of carbonyl (C=O) groups is 1. The maximum Gasteiger partial charge on any atom is 0.319 e. The molecule has 0 atom stereocenters. The number of aryl methyl sites for hydroxylation is 1. The van der Waals surface area contributed by atoms with Crippen molar-refractivity contribution < 1.29 is 14.1 Å². The summed E-state index contributed by atoms with van der Waals surface area (Å²) >= 11 is 0. The van der Waals surface area contributed by atoms with Crippen molar-refractivity contribution >= 4 is 5.97 Å². The molecule has 1 rings (SSSR count). The van der Waals surface area contributed by atoms with Crippen LogP contribution in [0.2, 0.25) is 0 Å². The van der Waals surface area contributed by atoms with Gasteiger partial charge in [0.25, 0.3) is 0 Å². The fraction of sp³-hybridized carbons (Fsp3) is 0.727. The van der Waals surface area contributed by atoms with Crippen molar-refractivity contribution in [2.75, 3.05) is 13.7 Å². The summed E-state index contributed by atoms with van der Waals surface area (Å²) in [5, 5.41) is 3.82. The first-order valence-electron chi connectivity index (χ1n) is 5.69. The molecule has 0 aliphatic rings. The highest BCUT2D eigenvalue weighted by molar-refractivity contribution is 5.71. The normalized spacial score (nSPS) is 11.2. The lowest BCUT2D eigenvalue weighted by Crippen LogP contribution is -2.35. The van der Waals surface area contributed by atoms with E-state index in [1.807, 2.05) is 25.7 Å². The van der Waals surface area contributed by atoms with Gasteiger partial charge >= 0.3 is 5.97 Å². The summed E-state index contributed by atoms with van der Waals surface area (Å²) in [5.41, 5.74) is 0. The van der Waals surface area contributed by atoms with Gasteiger partial charge in [-0.1, -0.05) is 12.1 Å². The highest BCUT2D eigenvalue weighted by Gasteiger charge is 2.17. The predicted molar refractivity (Wildman–Crippen MR) is 61.2 cm³/mol. The third kappa shape index (κ3) is 4.14. The molecule has 0 aliphatic carbocycles. The third-order valence-corrected chi connectivity index (χ3v) is 2.45. The van der Waals surface area contributed by atoms with E-state index in [0.717, 1.165) is 6.42 Å². The lowest BCUT2D eigenvalue weighted by Gasteiger charge is -2.22. The van der Waals surface area contributed by atoms with Crippen molar-refractivity contribution in [2.24, 2.45) is 0 Å². The molecule has 0 aliphatic heterocycles. The molecule has 0 radical (unpaired) electrons. The van der Waals surface area contributed by atoms with E-state index in [1.165, 1.54) is 7.11 Å². The van der Waals surface area contributed by atoms with E-state index in [2.05, 4.69) is 14.9 Å². The Balaban J connectivity index is 2.63. The fourth-order valence-electron chi connectivity index (χ4n) is 1.32. The number of rotatable bonds is 6. The monoisotopic (exact) mass is 241 g/mol. The summed E-state index contributed by atoms with van der Waals surface area (Å²) in [5.74, 6) is 0.940. The van der Waals surface area contributed by atoms with Gasteiger partial charge in [0.15, 0.2) is 5.82 Å². The smallest absolute Gasteiger partial charge is 0.319 e. The van der Waals surface area contributed by atoms with Crippen LogP contribution in [0.3, 0.4) is 0 Å². The number of carbonyl (C=O) groups excluding carboxylic acids is 1. The molecule has 1 aromatic heterocycles. The Morgan fingerprint density at radius 2 is 2.24 bits per heavy atom. The molecule has 1 aromatic rings. The van der Waals surface area contributed by atoms with Gasteiger partial charge in [-0.2, -0.15) is 4.98 Å². The van der Waals surface area contributed by atoms with Gasteiger partial charge < -0.3 is 9.26 Å². The number of hydrogen-bond acceptors (Lipinski definition) is 6. The van der Waals surface area contributed by atoms with Crippen molar-refractivity contribution in [3.63, 3.8) is 0 Å². The number of ether oxygens (including phenoxy) is 1. The summed E-state index contributed by atoms with van der Waals surface area (Å²) in [6, 6.07) is 0.200. The Morgan fingerprint density at radius 3 is 2.71 bits per heavy atom. The molecule has 6 heteroatoms. The van der Waals surface area contributed by atoms with Gasteiger partial charge in [0.2, 0.25) is 5.89 Å². The van der Waals surface area contributed by atoms with Gasteiger partial charge in [0, 0.05) is 12.5 Å². The Hall–Kier alpha value is -1.43. The molecule has 0 N–H and O–H groups in total. The van der Waals surface area contributed by atoms with Crippen molar-refractivity contribution in [3.05, 3.63) is 11.7 Å². The summed E-state index contributed by atoms with van der Waals surface area (Å²) in [7, 11) is 1.38. The first kappa shape index (κ1) is 13.6. The zero-order chi connectivity index (χ0) is 12.8. The van der Waals surface area contributed by atoms with Crippen LogP contribution in [-0.2, 0) is 22.5 Å². The Morgan fingerprint density at radius 1 is 1.53 bits per heavy atom. The van der Waals surface area contributed by atoms with Gasteiger partial charge in [-0.3, -0.25) is 9.69 Å². The Kier molecular flexibility index (Phi) is 5.09. The van der Waals surface area contributed by atoms with Crippen LogP contribution >= 0.6 is 0 Å². The lowest BCUT2D eigenvalue weighted by molar-refractivity contribution is -0.142. The molecule has 0 bridgehead atoms. The SMILES string of the molecule is CCc1noc(CN(CC(=O)OC)C(C)C)n1. The zero-order valence-corrected chi connectivity index (χ0v) is 10.8. The topological polar surface area (TPSA) is 68.5 Å². The molecule has 6 nitrogen and oxygen atoms in total. The number of methoxy groups -OCH3 is 1. The number of esters is 1. The molecule has 0 saturated carbocycles. The number of hydrogen-bond donors (Lipinski definition) is 0. The van der Waals surface area contributed by atoms with E-state index >= 15 is 0 Å². The average Bonchev–Trinajstić information content (AvgIpc) is 2.75. The van der Waals surface area contributed by atoms with Gasteiger partial charge in [-0.15, -0.1) is 0 Å². The molecule has 1 heterocycles. The van der Waals surface area contributed by atoms with E-state index in [-0.39, 0.29) is 18.6 Å². The Bertz CT molecular complexity index is 363. The van der Waals surface area contributed by atoms with Crippen LogP contribution in [0.5, 0.6) is 0 Å². The fourth-order valence-corrected chi connectivity index (χ4v) is 1.32. The molecule has 96 valence electrons. The van der Waals surface area contributed by atoms with E-state index in [4.69, 9.17) is 4.52 Å². The van der Waals surface area contributed by atoms with E-state index < -0.39 is 0 Å². The molecule has 0 unspecified atom stereocenters. The zero-order valence-electron chi connectivity index (χ0n) is 10.8. The molecule has 0 fully saturated rings. The molecule has 0 saturated heterocycles. The highest BCUT2D eigenvalue weighted by atomic mass is 16.5. The minimum Gasteiger partial charge on any atom is -0.468 e. The Labute approximate surface area is 101 Å². The average molecular weight is 241 g/mol. The maximum absolute atomic E-state index is 11.2. The molecular weight excluding hydrogens is 222 g/mol.